The number of anilines is 1. The van der Waals surface area contributed by atoms with Crippen molar-refractivity contribution in [1.29, 1.82) is 0 Å². The van der Waals surface area contributed by atoms with Gasteiger partial charge in [0.15, 0.2) is 0 Å². The Morgan fingerprint density at radius 1 is 1.29 bits per heavy atom. The molecule has 1 aliphatic carbocycles. The number of carbonyl (C=O) groups excluding carboxylic acids is 1. The van der Waals surface area contributed by atoms with Gasteiger partial charge in [-0.15, -0.1) is 0 Å². The van der Waals surface area contributed by atoms with Gasteiger partial charge in [0.05, 0.1) is 41.1 Å². The predicted molar refractivity (Wildman–Crippen MR) is 79.2 cm³/mol. The Hall–Kier alpha value is -2.24. The maximum Gasteiger partial charge on any atom is 0.257 e. The van der Waals surface area contributed by atoms with Crippen molar-refractivity contribution in [1.82, 2.24) is 20.0 Å². The Morgan fingerprint density at radius 2 is 2.05 bits per heavy atom. The van der Waals surface area contributed by atoms with Gasteiger partial charge in [-0.25, -0.2) is 0 Å². The van der Waals surface area contributed by atoms with Gasteiger partial charge in [-0.3, -0.25) is 9.48 Å². The molecule has 0 unspecified atom stereocenters. The minimum absolute atomic E-state index is 0.179. The maximum atomic E-state index is 12.2. The zero-order chi connectivity index (χ0) is 14.8. The van der Waals surface area contributed by atoms with Gasteiger partial charge in [0.2, 0.25) is 0 Å². The lowest BCUT2D eigenvalue weighted by molar-refractivity contribution is 0.102. The fourth-order valence-corrected chi connectivity index (χ4v) is 2.86. The first-order valence-electron chi connectivity index (χ1n) is 7.30. The maximum absolute atomic E-state index is 12.2. The summed E-state index contributed by atoms with van der Waals surface area (Å²) in [4.78, 5) is 12.2. The van der Waals surface area contributed by atoms with E-state index in [0.29, 0.717) is 11.6 Å². The standard InChI is InChI=1S/C15H19N5O/c1-10-7-12(8-16-19-10)15(21)18-14-9-17-20(11(14)2)13-5-3-4-6-13/h7-9,13H,3-6H2,1-2H3,(H,18,21). The van der Waals surface area contributed by atoms with Gasteiger partial charge < -0.3 is 5.32 Å². The average Bonchev–Trinajstić information content (AvgIpc) is 3.10. The molecule has 6 heteroatoms. The molecule has 0 radical (unpaired) electrons. The fraction of sp³-hybridized carbons (Fsp3) is 0.467. The highest BCUT2D eigenvalue weighted by Gasteiger charge is 2.21. The van der Waals surface area contributed by atoms with Gasteiger partial charge in [0.1, 0.15) is 0 Å². The summed E-state index contributed by atoms with van der Waals surface area (Å²) >= 11 is 0. The summed E-state index contributed by atoms with van der Waals surface area (Å²) in [5.74, 6) is -0.179. The average molecular weight is 285 g/mol. The summed E-state index contributed by atoms with van der Waals surface area (Å²) in [5, 5.41) is 15.0. The normalized spacial score (nSPS) is 15.3. The monoisotopic (exact) mass is 285 g/mol. The highest BCUT2D eigenvalue weighted by molar-refractivity contribution is 6.04. The summed E-state index contributed by atoms with van der Waals surface area (Å²) in [7, 11) is 0. The summed E-state index contributed by atoms with van der Waals surface area (Å²) in [6, 6.07) is 2.19. The van der Waals surface area contributed by atoms with Crippen molar-refractivity contribution in [2.45, 2.75) is 45.6 Å². The Labute approximate surface area is 123 Å². The molecule has 110 valence electrons. The van der Waals surface area contributed by atoms with Crippen LogP contribution < -0.4 is 5.32 Å². The number of hydrogen-bond acceptors (Lipinski definition) is 4. The molecular formula is C15H19N5O. The number of hydrogen-bond donors (Lipinski definition) is 1. The topological polar surface area (TPSA) is 72.7 Å². The molecule has 0 aromatic carbocycles. The van der Waals surface area contributed by atoms with Gasteiger partial charge in [-0.2, -0.15) is 15.3 Å². The van der Waals surface area contributed by atoms with E-state index in [9.17, 15) is 4.79 Å². The number of rotatable bonds is 3. The first-order valence-corrected chi connectivity index (χ1v) is 7.30. The lowest BCUT2D eigenvalue weighted by Gasteiger charge is -2.12. The molecule has 0 atom stereocenters. The van der Waals surface area contributed by atoms with Crippen LogP contribution in [0.15, 0.2) is 18.5 Å². The van der Waals surface area contributed by atoms with Crippen molar-refractivity contribution < 1.29 is 4.79 Å². The first kappa shape index (κ1) is 13.7. The fourth-order valence-electron chi connectivity index (χ4n) is 2.86. The molecule has 1 saturated carbocycles. The SMILES string of the molecule is Cc1cc(C(=O)Nc2cnn(C3CCCC3)c2C)cnn1. The van der Waals surface area contributed by atoms with Gasteiger partial charge in [-0.05, 0) is 32.8 Å². The van der Waals surface area contributed by atoms with Crippen molar-refractivity contribution in [2.24, 2.45) is 0 Å². The van der Waals surface area contributed by atoms with Gasteiger partial charge in [0.25, 0.3) is 5.91 Å². The predicted octanol–water partition coefficient (Wildman–Crippen LogP) is 2.66. The van der Waals surface area contributed by atoms with Crippen LogP contribution in [0.25, 0.3) is 0 Å². The van der Waals surface area contributed by atoms with E-state index in [0.717, 1.165) is 17.1 Å². The minimum atomic E-state index is -0.179. The van der Waals surface area contributed by atoms with E-state index in [-0.39, 0.29) is 5.91 Å². The van der Waals surface area contributed by atoms with Crippen molar-refractivity contribution in [3.63, 3.8) is 0 Å². The van der Waals surface area contributed by atoms with Crippen LogP contribution in [-0.2, 0) is 0 Å². The third-order valence-electron chi connectivity index (χ3n) is 4.00. The van der Waals surface area contributed by atoms with E-state index >= 15 is 0 Å². The van der Waals surface area contributed by atoms with E-state index in [2.05, 4.69) is 20.6 Å². The summed E-state index contributed by atoms with van der Waals surface area (Å²) in [6.45, 7) is 3.81. The Kier molecular flexibility index (Phi) is 3.68. The van der Waals surface area contributed by atoms with Crippen molar-refractivity contribution in [3.8, 4) is 0 Å². The molecule has 6 nitrogen and oxygen atoms in total. The van der Waals surface area contributed by atoms with Crippen LogP contribution in [0.4, 0.5) is 5.69 Å². The first-order chi connectivity index (χ1) is 10.1. The van der Waals surface area contributed by atoms with Gasteiger partial charge in [-0.1, -0.05) is 12.8 Å². The van der Waals surface area contributed by atoms with Crippen LogP contribution >= 0.6 is 0 Å². The molecule has 0 spiro atoms. The van der Waals surface area contributed by atoms with Crippen LogP contribution in [0.3, 0.4) is 0 Å². The second-order valence-corrected chi connectivity index (χ2v) is 5.57. The summed E-state index contributed by atoms with van der Waals surface area (Å²) in [5.41, 5.74) is 3.01. The van der Waals surface area contributed by atoms with Crippen molar-refractivity contribution in [3.05, 3.63) is 35.4 Å². The summed E-state index contributed by atoms with van der Waals surface area (Å²) < 4.78 is 2.04. The molecule has 1 fully saturated rings. The molecular weight excluding hydrogens is 266 g/mol. The van der Waals surface area contributed by atoms with E-state index < -0.39 is 0 Å². The number of aromatic nitrogens is 4. The molecule has 0 aliphatic heterocycles. The van der Waals surface area contributed by atoms with Crippen LogP contribution in [0.5, 0.6) is 0 Å². The molecule has 1 aliphatic rings. The van der Waals surface area contributed by atoms with Gasteiger partial charge in [0, 0.05) is 0 Å². The van der Waals surface area contributed by atoms with E-state index in [1.165, 1.54) is 31.9 Å². The highest BCUT2D eigenvalue weighted by Crippen LogP contribution is 2.31. The highest BCUT2D eigenvalue weighted by atomic mass is 16.1. The molecule has 1 amide bonds. The zero-order valence-electron chi connectivity index (χ0n) is 12.3. The van der Waals surface area contributed by atoms with Gasteiger partial charge >= 0.3 is 0 Å². The number of nitrogens with zero attached hydrogens (tertiary/aromatic N) is 4. The second-order valence-electron chi connectivity index (χ2n) is 5.57. The van der Waals surface area contributed by atoms with Crippen LogP contribution in [0.2, 0.25) is 0 Å². The molecule has 0 saturated heterocycles. The third kappa shape index (κ3) is 2.79. The number of aryl methyl sites for hydroxylation is 1. The third-order valence-corrected chi connectivity index (χ3v) is 4.00. The van der Waals surface area contributed by atoms with E-state index in [4.69, 9.17) is 0 Å². The Balaban J connectivity index is 1.77. The van der Waals surface area contributed by atoms with E-state index in [1.54, 1.807) is 12.3 Å². The van der Waals surface area contributed by atoms with Crippen LogP contribution in [-0.4, -0.2) is 25.9 Å². The van der Waals surface area contributed by atoms with Crippen molar-refractivity contribution >= 4 is 11.6 Å². The lowest BCUT2D eigenvalue weighted by Crippen LogP contribution is -2.14. The molecule has 1 N–H and O–H groups in total. The summed E-state index contributed by atoms with van der Waals surface area (Å²) in [6.07, 6.45) is 8.06. The quantitative estimate of drug-likeness (QED) is 0.941. The molecule has 3 rings (SSSR count). The number of nitrogens with one attached hydrogen (secondary N) is 1. The Bertz CT molecular complexity index is 658. The lowest BCUT2D eigenvalue weighted by atomic mass is 10.2. The molecule has 0 bridgehead atoms. The molecule has 2 aromatic heterocycles. The van der Waals surface area contributed by atoms with Crippen molar-refractivity contribution in [2.75, 3.05) is 5.32 Å². The largest absolute Gasteiger partial charge is 0.319 e. The molecule has 2 heterocycles. The second kappa shape index (κ2) is 5.63. The molecule has 2 aromatic rings. The molecule has 21 heavy (non-hydrogen) atoms. The Morgan fingerprint density at radius 3 is 2.76 bits per heavy atom. The van der Waals surface area contributed by atoms with Crippen LogP contribution in [0, 0.1) is 13.8 Å². The zero-order valence-corrected chi connectivity index (χ0v) is 12.3. The number of carbonyl (C=O) groups is 1. The number of amides is 1. The van der Waals surface area contributed by atoms with Crippen LogP contribution in [0.1, 0.15) is 53.5 Å². The van der Waals surface area contributed by atoms with E-state index in [1.807, 2.05) is 18.5 Å². The smallest absolute Gasteiger partial charge is 0.257 e. The minimum Gasteiger partial charge on any atom is -0.319 e.